The van der Waals surface area contributed by atoms with Gasteiger partial charge in [0.1, 0.15) is 12.4 Å². The number of hydrogen-bond donors (Lipinski definition) is 1. The molecule has 0 amide bonds. The van der Waals surface area contributed by atoms with Crippen LogP contribution in [0.15, 0.2) is 48.5 Å². The monoisotopic (exact) mass is 280 g/mol. The number of rotatable bonds is 4. The summed E-state index contributed by atoms with van der Waals surface area (Å²) in [6, 6.07) is 16.2. The molecule has 2 aromatic carbocycles. The van der Waals surface area contributed by atoms with Crippen molar-refractivity contribution in [3.05, 3.63) is 59.8 Å². The standard InChI is InChI=1S/C18H20N2O/c1-3-20-14(11-15-16(19)8-6-9-17(15)20)12-21-18-10-5-4-7-13(18)2/h4-11H,3,12,19H2,1-2H3. The minimum absolute atomic E-state index is 0.548. The normalized spacial score (nSPS) is 11.0. The van der Waals surface area contributed by atoms with E-state index in [-0.39, 0.29) is 0 Å². The molecule has 0 radical (unpaired) electrons. The van der Waals surface area contributed by atoms with Crippen molar-refractivity contribution in [1.29, 1.82) is 0 Å². The molecule has 0 atom stereocenters. The Morgan fingerprint density at radius 1 is 1.10 bits per heavy atom. The molecule has 3 aromatic rings. The summed E-state index contributed by atoms with van der Waals surface area (Å²) in [5.41, 5.74) is 10.4. The number of nitrogens with zero attached hydrogens (tertiary/aromatic N) is 1. The van der Waals surface area contributed by atoms with E-state index in [0.29, 0.717) is 6.61 Å². The lowest BCUT2D eigenvalue weighted by Gasteiger charge is -2.11. The number of aromatic nitrogens is 1. The Kier molecular flexibility index (Phi) is 3.57. The first-order valence-corrected chi connectivity index (χ1v) is 7.25. The molecule has 3 nitrogen and oxygen atoms in total. The number of para-hydroxylation sites is 1. The van der Waals surface area contributed by atoms with Crippen molar-refractivity contribution in [1.82, 2.24) is 4.57 Å². The third-order valence-corrected chi connectivity index (χ3v) is 3.85. The molecule has 1 aromatic heterocycles. The average Bonchev–Trinajstić information content (AvgIpc) is 2.85. The van der Waals surface area contributed by atoms with Gasteiger partial charge in [-0.05, 0) is 43.7 Å². The van der Waals surface area contributed by atoms with Gasteiger partial charge in [0.05, 0.1) is 11.2 Å². The van der Waals surface area contributed by atoms with E-state index in [9.17, 15) is 0 Å². The van der Waals surface area contributed by atoms with Gasteiger partial charge in [-0.25, -0.2) is 0 Å². The van der Waals surface area contributed by atoms with E-state index in [1.807, 2.05) is 30.3 Å². The quantitative estimate of drug-likeness (QED) is 0.730. The molecule has 0 unspecified atom stereocenters. The summed E-state index contributed by atoms with van der Waals surface area (Å²) in [6.45, 7) is 5.65. The minimum atomic E-state index is 0.548. The SMILES string of the molecule is CCn1c(COc2ccccc2C)cc2c(N)cccc21. The van der Waals surface area contributed by atoms with Gasteiger partial charge in [-0.2, -0.15) is 0 Å². The summed E-state index contributed by atoms with van der Waals surface area (Å²) in [4.78, 5) is 0. The summed E-state index contributed by atoms with van der Waals surface area (Å²) in [5, 5.41) is 1.10. The third-order valence-electron chi connectivity index (χ3n) is 3.85. The van der Waals surface area contributed by atoms with Crippen LogP contribution in [0.25, 0.3) is 10.9 Å². The first-order chi connectivity index (χ1) is 10.2. The van der Waals surface area contributed by atoms with Gasteiger partial charge < -0.3 is 15.0 Å². The first kappa shape index (κ1) is 13.6. The van der Waals surface area contributed by atoms with Crippen molar-refractivity contribution < 1.29 is 4.74 Å². The fourth-order valence-electron chi connectivity index (χ4n) is 2.73. The zero-order chi connectivity index (χ0) is 14.8. The molecular formula is C18H20N2O. The average molecular weight is 280 g/mol. The number of ether oxygens (including phenoxy) is 1. The van der Waals surface area contributed by atoms with Gasteiger partial charge in [0.2, 0.25) is 0 Å². The van der Waals surface area contributed by atoms with Crippen LogP contribution in [0.4, 0.5) is 5.69 Å². The summed E-state index contributed by atoms with van der Waals surface area (Å²) < 4.78 is 8.23. The Labute approximate surface area is 125 Å². The van der Waals surface area contributed by atoms with Crippen LogP contribution in [0.1, 0.15) is 18.2 Å². The number of aryl methyl sites for hydroxylation is 2. The minimum Gasteiger partial charge on any atom is -0.487 e. The zero-order valence-corrected chi connectivity index (χ0v) is 12.5. The smallest absolute Gasteiger partial charge is 0.128 e. The summed E-state index contributed by atoms with van der Waals surface area (Å²) in [6.07, 6.45) is 0. The topological polar surface area (TPSA) is 40.2 Å². The molecule has 21 heavy (non-hydrogen) atoms. The van der Waals surface area contributed by atoms with Crippen molar-refractivity contribution in [2.24, 2.45) is 0 Å². The number of anilines is 1. The summed E-state index contributed by atoms with van der Waals surface area (Å²) in [5.74, 6) is 0.929. The van der Waals surface area contributed by atoms with Gasteiger partial charge in [-0.3, -0.25) is 0 Å². The highest BCUT2D eigenvalue weighted by atomic mass is 16.5. The van der Waals surface area contributed by atoms with Gasteiger partial charge in [-0.1, -0.05) is 24.3 Å². The third kappa shape index (κ3) is 2.47. The van der Waals surface area contributed by atoms with Crippen molar-refractivity contribution in [3.8, 4) is 5.75 Å². The molecule has 0 saturated carbocycles. The van der Waals surface area contributed by atoms with E-state index in [1.165, 1.54) is 5.52 Å². The van der Waals surface area contributed by atoms with Crippen LogP contribution in [0.3, 0.4) is 0 Å². The molecule has 3 heteroatoms. The highest BCUT2D eigenvalue weighted by Crippen LogP contribution is 2.26. The van der Waals surface area contributed by atoms with Crippen LogP contribution < -0.4 is 10.5 Å². The van der Waals surface area contributed by atoms with Gasteiger partial charge in [0, 0.05) is 17.6 Å². The van der Waals surface area contributed by atoms with Crippen molar-refractivity contribution in [2.45, 2.75) is 27.0 Å². The predicted molar refractivity (Wildman–Crippen MR) is 87.5 cm³/mol. The molecular weight excluding hydrogens is 260 g/mol. The van der Waals surface area contributed by atoms with Crippen LogP contribution in [-0.4, -0.2) is 4.57 Å². The maximum Gasteiger partial charge on any atom is 0.128 e. The molecule has 0 saturated heterocycles. The molecule has 0 fully saturated rings. The Morgan fingerprint density at radius 2 is 1.90 bits per heavy atom. The molecule has 0 aliphatic rings. The highest BCUT2D eigenvalue weighted by molar-refractivity contribution is 5.92. The first-order valence-electron chi connectivity index (χ1n) is 7.25. The summed E-state index contributed by atoms with van der Waals surface area (Å²) >= 11 is 0. The second kappa shape index (κ2) is 5.52. The van der Waals surface area contributed by atoms with E-state index >= 15 is 0 Å². The lowest BCUT2D eigenvalue weighted by Crippen LogP contribution is -2.05. The maximum atomic E-state index is 6.07. The lowest BCUT2D eigenvalue weighted by atomic mass is 10.2. The van der Waals surface area contributed by atoms with Crippen LogP contribution >= 0.6 is 0 Å². The zero-order valence-electron chi connectivity index (χ0n) is 12.5. The van der Waals surface area contributed by atoms with E-state index in [4.69, 9.17) is 10.5 Å². The van der Waals surface area contributed by atoms with Gasteiger partial charge in [0.25, 0.3) is 0 Å². The fraction of sp³-hybridized carbons (Fsp3) is 0.222. The van der Waals surface area contributed by atoms with Crippen molar-refractivity contribution in [3.63, 3.8) is 0 Å². The maximum absolute atomic E-state index is 6.07. The van der Waals surface area contributed by atoms with Gasteiger partial charge in [-0.15, -0.1) is 0 Å². The fourth-order valence-corrected chi connectivity index (χ4v) is 2.73. The largest absolute Gasteiger partial charge is 0.487 e. The highest BCUT2D eigenvalue weighted by Gasteiger charge is 2.10. The second-order valence-electron chi connectivity index (χ2n) is 5.21. The van der Waals surface area contributed by atoms with Crippen LogP contribution in [-0.2, 0) is 13.2 Å². The molecule has 0 aliphatic heterocycles. The number of fused-ring (bicyclic) bond motifs is 1. The summed E-state index contributed by atoms with van der Waals surface area (Å²) in [7, 11) is 0. The molecule has 3 rings (SSSR count). The Balaban J connectivity index is 1.94. The van der Waals surface area contributed by atoms with Crippen LogP contribution in [0, 0.1) is 6.92 Å². The molecule has 108 valence electrons. The molecule has 2 N–H and O–H groups in total. The Bertz CT molecular complexity index is 774. The van der Waals surface area contributed by atoms with Gasteiger partial charge in [0.15, 0.2) is 0 Å². The Morgan fingerprint density at radius 3 is 2.67 bits per heavy atom. The number of benzene rings is 2. The van der Waals surface area contributed by atoms with E-state index in [2.05, 4.69) is 36.6 Å². The van der Waals surface area contributed by atoms with Crippen LogP contribution in [0.5, 0.6) is 5.75 Å². The lowest BCUT2D eigenvalue weighted by molar-refractivity contribution is 0.294. The molecule has 0 aliphatic carbocycles. The molecule has 1 heterocycles. The van der Waals surface area contributed by atoms with E-state index in [1.54, 1.807) is 0 Å². The number of hydrogen-bond acceptors (Lipinski definition) is 2. The Hall–Kier alpha value is -2.42. The van der Waals surface area contributed by atoms with E-state index in [0.717, 1.165) is 34.6 Å². The molecule has 0 spiro atoms. The molecule has 0 bridgehead atoms. The number of nitrogen functional groups attached to an aromatic ring is 1. The van der Waals surface area contributed by atoms with E-state index < -0.39 is 0 Å². The van der Waals surface area contributed by atoms with Crippen molar-refractivity contribution >= 4 is 16.6 Å². The van der Waals surface area contributed by atoms with Crippen LogP contribution in [0.2, 0.25) is 0 Å². The predicted octanol–water partition coefficient (Wildman–Crippen LogP) is 4.13. The van der Waals surface area contributed by atoms with Gasteiger partial charge >= 0.3 is 0 Å². The second-order valence-corrected chi connectivity index (χ2v) is 5.21. The number of nitrogens with two attached hydrogens (primary N) is 1. The van der Waals surface area contributed by atoms with Crippen molar-refractivity contribution in [2.75, 3.05) is 5.73 Å².